The van der Waals surface area contributed by atoms with Gasteiger partial charge in [0.2, 0.25) is 6.10 Å². The van der Waals surface area contributed by atoms with Gasteiger partial charge in [-0.1, -0.05) is 12.1 Å². The molecule has 0 fully saturated rings. The van der Waals surface area contributed by atoms with Crippen LogP contribution in [0.5, 0.6) is 0 Å². The fourth-order valence-corrected chi connectivity index (χ4v) is 1.47. The lowest BCUT2D eigenvalue weighted by atomic mass is 10.3. The Kier molecular flexibility index (Phi) is 4.58. The van der Waals surface area contributed by atoms with Gasteiger partial charge in [-0.3, -0.25) is 4.79 Å². The number of aromatic nitrogens is 1. The number of carbonyl (C=O) groups is 1. The SMILES string of the molecule is CCC(ON=C([C]=O)c1csc(N)n1)C(=O)O. The number of oxime groups is 1. The van der Waals surface area contributed by atoms with Crippen LogP contribution in [0.2, 0.25) is 0 Å². The minimum Gasteiger partial charge on any atom is -0.478 e. The van der Waals surface area contributed by atoms with Crippen LogP contribution in [-0.4, -0.2) is 34.2 Å². The van der Waals surface area contributed by atoms with Gasteiger partial charge in [-0.2, -0.15) is 0 Å². The van der Waals surface area contributed by atoms with Crippen LogP contribution in [0.25, 0.3) is 0 Å². The molecule has 0 aromatic carbocycles. The van der Waals surface area contributed by atoms with Gasteiger partial charge < -0.3 is 15.7 Å². The fourth-order valence-electron chi connectivity index (χ4n) is 0.925. The van der Waals surface area contributed by atoms with Gasteiger partial charge in [0.1, 0.15) is 5.69 Å². The van der Waals surface area contributed by atoms with Crippen LogP contribution in [-0.2, 0) is 14.4 Å². The smallest absolute Gasteiger partial charge is 0.347 e. The number of nitrogens with zero attached hydrogens (tertiary/aromatic N) is 2. The zero-order chi connectivity index (χ0) is 12.8. The summed E-state index contributed by atoms with van der Waals surface area (Å²) in [6.45, 7) is 1.62. The number of carboxylic acids is 1. The van der Waals surface area contributed by atoms with E-state index >= 15 is 0 Å². The Morgan fingerprint density at radius 1 is 1.82 bits per heavy atom. The summed E-state index contributed by atoms with van der Waals surface area (Å²) in [5.74, 6) is -1.15. The summed E-state index contributed by atoms with van der Waals surface area (Å²) in [5.41, 5.74) is 5.39. The van der Waals surface area contributed by atoms with E-state index in [1.807, 2.05) is 0 Å². The molecule has 17 heavy (non-hydrogen) atoms. The average Bonchev–Trinajstić information content (AvgIpc) is 2.71. The van der Waals surface area contributed by atoms with E-state index in [1.165, 1.54) is 11.7 Å². The topological polar surface area (TPSA) is 115 Å². The van der Waals surface area contributed by atoms with Crippen LogP contribution in [0.1, 0.15) is 19.0 Å². The molecule has 7 nitrogen and oxygen atoms in total. The van der Waals surface area contributed by atoms with E-state index in [2.05, 4.69) is 10.1 Å². The van der Waals surface area contributed by atoms with Crippen LogP contribution < -0.4 is 5.73 Å². The summed E-state index contributed by atoms with van der Waals surface area (Å²) in [6.07, 6.45) is 0.645. The third kappa shape index (κ3) is 3.52. The molecule has 1 rings (SSSR count). The van der Waals surface area contributed by atoms with Crippen molar-refractivity contribution in [2.24, 2.45) is 5.16 Å². The van der Waals surface area contributed by atoms with E-state index in [0.29, 0.717) is 0 Å². The van der Waals surface area contributed by atoms with Crippen molar-refractivity contribution in [2.45, 2.75) is 19.4 Å². The molecule has 3 N–H and O–H groups in total. The lowest BCUT2D eigenvalue weighted by molar-refractivity contribution is -0.150. The number of carbonyl (C=O) groups excluding carboxylic acids is 1. The first-order chi connectivity index (χ1) is 8.08. The van der Waals surface area contributed by atoms with Crippen LogP contribution in [0.3, 0.4) is 0 Å². The van der Waals surface area contributed by atoms with Gasteiger partial charge in [-0.05, 0) is 6.42 Å². The number of nitrogens with two attached hydrogens (primary N) is 1. The monoisotopic (exact) mass is 256 g/mol. The second-order valence-electron chi connectivity index (χ2n) is 2.95. The largest absolute Gasteiger partial charge is 0.478 e. The molecule has 0 aliphatic heterocycles. The number of aliphatic carboxylic acids is 1. The zero-order valence-corrected chi connectivity index (χ0v) is 9.73. The van der Waals surface area contributed by atoms with Crippen molar-refractivity contribution in [3.8, 4) is 0 Å². The Morgan fingerprint density at radius 3 is 2.94 bits per heavy atom. The lowest BCUT2D eigenvalue weighted by Crippen LogP contribution is -2.21. The molecule has 0 aliphatic carbocycles. The Hall–Kier alpha value is -1.96. The average molecular weight is 256 g/mol. The van der Waals surface area contributed by atoms with Crippen molar-refractivity contribution in [2.75, 3.05) is 5.73 Å². The van der Waals surface area contributed by atoms with Crippen molar-refractivity contribution in [1.29, 1.82) is 0 Å². The highest BCUT2D eigenvalue weighted by molar-refractivity contribution is 7.13. The Morgan fingerprint density at radius 2 is 2.53 bits per heavy atom. The van der Waals surface area contributed by atoms with Gasteiger partial charge in [0.25, 0.3) is 6.29 Å². The molecular weight excluding hydrogens is 246 g/mol. The number of rotatable bonds is 6. The first-order valence-electron chi connectivity index (χ1n) is 4.64. The fraction of sp³-hybridized carbons (Fsp3) is 0.333. The molecule has 0 spiro atoms. The molecular formula is C9H10N3O4S. The molecule has 8 heteroatoms. The van der Waals surface area contributed by atoms with Crippen molar-refractivity contribution in [3.63, 3.8) is 0 Å². The first-order valence-corrected chi connectivity index (χ1v) is 5.52. The van der Waals surface area contributed by atoms with E-state index in [-0.39, 0.29) is 23.0 Å². The summed E-state index contributed by atoms with van der Waals surface area (Å²) in [7, 11) is 0. The van der Waals surface area contributed by atoms with E-state index < -0.39 is 12.1 Å². The molecule has 91 valence electrons. The number of hydrogen-bond acceptors (Lipinski definition) is 7. The molecule has 1 aromatic rings. The highest BCUT2D eigenvalue weighted by atomic mass is 32.1. The molecule has 1 atom stereocenters. The second kappa shape index (κ2) is 5.94. The van der Waals surface area contributed by atoms with Crippen LogP contribution >= 0.6 is 11.3 Å². The molecule has 1 unspecified atom stereocenters. The number of thiazole rings is 1. The number of hydrogen-bond donors (Lipinski definition) is 2. The quantitative estimate of drug-likeness (QED) is 0.563. The number of carboxylic acid groups (broad SMARTS) is 1. The normalized spacial score (nSPS) is 13.1. The zero-order valence-electron chi connectivity index (χ0n) is 8.91. The first kappa shape index (κ1) is 13.1. The summed E-state index contributed by atoms with van der Waals surface area (Å²) < 4.78 is 0. The van der Waals surface area contributed by atoms with E-state index in [1.54, 1.807) is 6.92 Å². The maximum Gasteiger partial charge on any atom is 0.347 e. The van der Waals surface area contributed by atoms with E-state index in [0.717, 1.165) is 11.3 Å². The van der Waals surface area contributed by atoms with Crippen molar-refractivity contribution in [1.82, 2.24) is 4.98 Å². The number of nitrogen functional groups attached to an aromatic ring is 1. The van der Waals surface area contributed by atoms with Gasteiger partial charge in [-0.25, -0.2) is 9.78 Å². The van der Waals surface area contributed by atoms with E-state index in [9.17, 15) is 9.59 Å². The molecule has 0 amide bonds. The second-order valence-corrected chi connectivity index (χ2v) is 3.84. The summed E-state index contributed by atoms with van der Waals surface area (Å²) in [6, 6.07) is 0. The van der Waals surface area contributed by atoms with Crippen molar-refractivity contribution < 1.29 is 19.5 Å². The lowest BCUT2D eigenvalue weighted by Gasteiger charge is -2.06. The summed E-state index contributed by atoms with van der Waals surface area (Å²) >= 11 is 1.13. The Balaban J connectivity index is 2.80. The molecule has 1 heterocycles. The van der Waals surface area contributed by atoms with Crippen molar-refractivity contribution >= 4 is 34.4 Å². The van der Waals surface area contributed by atoms with E-state index in [4.69, 9.17) is 15.7 Å². The molecule has 0 saturated heterocycles. The third-order valence-electron chi connectivity index (χ3n) is 1.78. The Labute approximate surface area is 101 Å². The summed E-state index contributed by atoms with van der Waals surface area (Å²) in [4.78, 5) is 29.8. The van der Waals surface area contributed by atoms with Gasteiger partial charge in [-0.15, -0.1) is 11.3 Å². The van der Waals surface area contributed by atoms with Gasteiger partial charge >= 0.3 is 5.97 Å². The molecule has 1 aromatic heterocycles. The highest BCUT2D eigenvalue weighted by Gasteiger charge is 2.17. The third-order valence-corrected chi connectivity index (χ3v) is 2.45. The minimum atomic E-state index is -1.15. The van der Waals surface area contributed by atoms with Crippen LogP contribution in [0.4, 0.5) is 5.13 Å². The predicted molar refractivity (Wildman–Crippen MR) is 61.6 cm³/mol. The Bertz CT molecular complexity index is 443. The van der Waals surface area contributed by atoms with Gasteiger partial charge in [0.05, 0.1) is 0 Å². The molecule has 0 saturated carbocycles. The number of anilines is 1. The minimum absolute atomic E-state index is 0.211. The molecule has 0 bridgehead atoms. The van der Waals surface area contributed by atoms with Crippen LogP contribution in [0, 0.1) is 0 Å². The predicted octanol–water partition coefficient (Wildman–Crippen LogP) is 0.419. The van der Waals surface area contributed by atoms with Gasteiger partial charge in [0, 0.05) is 5.38 Å². The maximum absolute atomic E-state index is 10.6. The maximum atomic E-state index is 10.6. The summed E-state index contributed by atoms with van der Waals surface area (Å²) in [5, 5.41) is 13.9. The van der Waals surface area contributed by atoms with Gasteiger partial charge in [0.15, 0.2) is 10.8 Å². The molecule has 1 radical (unpaired) electrons. The van der Waals surface area contributed by atoms with Crippen LogP contribution in [0.15, 0.2) is 10.5 Å². The van der Waals surface area contributed by atoms with Crippen molar-refractivity contribution in [3.05, 3.63) is 11.1 Å². The standard InChI is InChI=1S/C9H10N3O4S/c1-2-7(8(14)15)16-12-5(3-13)6-4-17-9(10)11-6/h4,7H,2H2,1H3,(H2,10,11)(H,14,15). The molecule has 0 aliphatic rings. The highest BCUT2D eigenvalue weighted by Crippen LogP contribution is 2.12.